The SMILES string of the molecule is Cc1cc(F)ccc1C(=O)N1C[C@H](O)C[C@H]1C(=O)O. The highest BCUT2D eigenvalue weighted by Crippen LogP contribution is 2.22. The molecule has 0 spiro atoms. The molecule has 1 saturated heterocycles. The maximum Gasteiger partial charge on any atom is 0.326 e. The van der Waals surface area contributed by atoms with E-state index in [1.54, 1.807) is 6.92 Å². The lowest BCUT2D eigenvalue weighted by Crippen LogP contribution is -2.40. The standard InChI is InChI=1S/C13H14FNO4/c1-7-4-8(14)2-3-10(7)12(17)15-6-9(16)5-11(15)13(18)19/h2-4,9,11,16H,5-6H2,1H3,(H,18,19)/t9-,11+/m1/s1. The molecule has 0 unspecified atom stereocenters. The van der Waals surface area contributed by atoms with Crippen LogP contribution in [0.1, 0.15) is 22.3 Å². The summed E-state index contributed by atoms with van der Waals surface area (Å²) in [6.45, 7) is 1.56. The van der Waals surface area contributed by atoms with E-state index in [1.165, 1.54) is 12.1 Å². The number of β-amino-alcohol motifs (C(OH)–C–C–N with tert-alkyl or cyclic N) is 1. The van der Waals surface area contributed by atoms with Gasteiger partial charge in [-0.2, -0.15) is 0 Å². The van der Waals surface area contributed by atoms with E-state index in [0.717, 1.165) is 11.0 Å². The summed E-state index contributed by atoms with van der Waals surface area (Å²) >= 11 is 0. The Bertz CT molecular complexity index is 531. The summed E-state index contributed by atoms with van der Waals surface area (Å²) in [5, 5.41) is 18.6. The highest BCUT2D eigenvalue weighted by atomic mass is 19.1. The number of hydrogen-bond donors (Lipinski definition) is 2. The fraction of sp³-hybridized carbons (Fsp3) is 0.385. The summed E-state index contributed by atoms with van der Waals surface area (Å²) in [7, 11) is 0. The van der Waals surface area contributed by atoms with Crippen molar-refractivity contribution in [2.24, 2.45) is 0 Å². The molecule has 1 heterocycles. The van der Waals surface area contributed by atoms with Crippen LogP contribution < -0.4 is 0 Å². The molecule has 0 saturated carbocycles. The van der Waals surface area contributed by atoms with Crippen LogP contribution in [-0.4, -0.2) is 45.7 Å². The lowest BCUT2D eigenvalue weighted by molar-refractivity contribution is -0.141. The number of aryl methyl sites for hydroxylation is 1. The largest absolute Gasteiger partial charge is 0.480 e. The van der Waals surface area contributed by atoms with E-state index < -0.39 is 29.8 Å². The molecule has 0 aromatic heterocycles. The van der Waals surface area contributed by atoms with E-state index >= 15 is 0 Å². The van der Waals surface area contributed by atoms with Crippen LogP contribution in [0.5, 0.6) is 0 Å². The van der Waals surface area contributed by atoms with E-state index in [1.807, 2.05) is 0 Å². The van der Waals surface area contributed by atoms with Crippen molar-refractivity contribution in [3.63, 3.8) is 0 Å². The van der Waals surface area contributed by atoms with Crippen molar-refractivity contribution < 1.29 is 24.2 Å². The number of aliphatic carboxylic acids is 1. The Morgan fingerprint density at radius 3 is 2.68 bits per heavy atom. The van der Waals surface area contributed by atoms with Crippen molar-refractivity contribution in [1.29, 1.82) is 0 Å². The van der Waals surface area contributed by atoms with Crippen molar-refractivity contribution in [3.05, 3.63) is 35.1 Å². The molecule has 2 N–H and O–H groups in total. The number of amides is 1. The van der Waals surface area contributed by atoms with Crippen molar-refractivity contribution in [1.82, 2.24) is 4.90 Å². The Morgan fingerprint density at radius 1 is 1.42 bits per heavy atom. The lowest BCUT2D eigenvalue weighted by Gasteiger charge is -2.22. The van der Waals surface area contributed by atoms with Crippen LogP contribution in [0.2, 0.25) is 0 Å². The maximum absolute atomic E-state index is 13.0. The van der Waals surface area contributed by atoms with Gasteiger partial charge in [0.1, 0.15) is 11.9 Å². The van der Waals surface area contributed by atoms with Crippen LogP contribution in [0.3, 0.4) is 0 Å². The van der Waals surface area contributed by atoms with Crippen molar-refractivity contribution >= 4 is 11.9 Å². The van der Waals surface area contributed by atoms with Gasteiger partial charge in [0.15, 0.2) is 0 Å². The van der Waals surface area contributed by atoms with Gasteiger partial charge in [-0.05, 0) is 30.7 Å². The summed E-state index contributed by atoms with van der Waals surface area (Å²) in [5.74, 6) is -2.10. The number of rotatable bonds is 2. The molecule has 1 aromatic carbocycles. The molecule has 2 atom stereocenters. The van der Waals surface area contributed by atoms with Gasteiger partial charge in [-0.25, -0.2) is 9.18 Å². The fourth-order valence-corrected chi connectivity index (χ4v) is 2.29. The Balaban J connectivity index is 2.30. The van der Waals surface area contributed by atoms with E-state index in [2.05, 4.69) is 0 Å². The summed E-state index contributed by atoms with van der Waals surface area (Å²) in [6, 6.07) is 2.67. The van der Waals surface area contributed by atoms with Crippen molar-refractivity contribution in [2.45, 2.75) is 25.5 Å². The van der Waals surface area contributed by atoms with Gasteiger partial charge in [-0.3, -0.25) is 4.79 Å². The number of carbonyl (C=O) groups is 2. The average molecular weight is 267 g/mol. The zero-order valence-electron chi connectivity index (χ0n) is 10.3. The molecule has 1 aromatic rings. The van der Waals surface area contributed by atoms with Crippen LogP contribution in [0, 0.1) is 12.7 Å². The minimum Gasteiger partial charge on any atom is -0.480 e. The van der Waals surface area contributed by atoms with E-state index in [4.69, 9.17) is 5.11 Å². The van der Waals surface area contributed by atoms with Gasteiger partial charge < -0.3 is 15.1 Å². The number of carboxylic acid groups (broad SMARTS) is 1. The van der Waals surface area contributed by atoms with Crippen LogP contribution in [0.25, 0.3) is 0 Å². The van der Waals surface area contributed by atoms with E-state index in [0.29, 0.717) is 5.56 Å². The van der Waals surface area contributed by atoms with Gasteiger partial charge >= 0.3 is 5.97 Å². The first kappa shape index (κ1) is 13.5. The fourth-order valence-electron chi connectivity index (χ4n) is 2.29. The predicted molar refractivity (Wildman–Crippen MR) is 64.2 cm³/mol. The van der Waals surface area contributed by atoms with Gasteiger partial charge in [0, 0.05) is 18.5 Å². The molecule has 0 radical (unpaired) electrons. The summed E-state index contributed by atoms with van der Waals surface area (Å²) in [5.41, 5.74) is 0.692. The van der Waals surface area contributed by atoms with Gasteiger partial charge in [-0.1, -0.05) is 0 Å². The molecule has 5 nitrogen and oxygen atoms in total. The molecule has 1 aliphatic rings. The molecular formula is C13H14FNO4. The van der Waals surface area contributed by atoms with Crippen LogP contribution >= 0.6 is 0 Å². The van der Waals surface area contributed by atoms with Gasteiger partial charge in [0.2, 0.25) is 0 Å². The molecule has 0 bridgehead atoms. The maximum atomic E-state index is 13.0. The first-order valence-corrected chi connectivity index (χ1v) is 5.88. The summed E-state index contributed by atoms with van der Waals surface area (Å²) in [6.07, 6.45) is -0.827. The number of hydrogen-bond acceptors (Lipinski definition) is 3. The molecule has 2 rings (SSSR count). The number of halogens is 1. The summed E-state index contributed by atoms with van der Waals surface area (Å²) in [4.78, 5) is 24.5. The summed E-state index contributed by atoms with van der Waals surface area (Å²) < 4.78 is 13.0. The molecule has 0 aliphatic carbocycles. The first-order valence-electron chi connectivity index (χ1n) is 5.88. The van der Waals surface area contributed by atoms with Gasteiger partial charge in [0.05, 0.1) is 6.10 Å². The topological polar surface area (TPSA) is 77.8 Å². The van der Waals surface area contributed by atoms with E-state index in [-0.39, 0.29) is 18.5 Å². The number of aliphatic hydroxyl groups excluding tert-OH is 1. The third kappa shape index (κ3) is 2.58. The predicted octanol–water partition coefficient (Wildman–Crippen LogP) is 0.794. The van der Waals surface area contributed by atoms with Crippen LogP contribution in [-0.2, 0) is 4.79 Å². The third-order valence-corrected chi connectivity index (χ3v) is 3.24. The minimum atomic E-state index is -1.15. The second-order valence-corrected chi connectivity index (χ2v) is 4.66. The lowest BCUT2D eigenvalue weighted by atomic mass is 10.1. The number of nitrogens with zero attached hydrogens (tertiary/aromatic N) is 1. The monoisotopic (exact) mass is 267 g/mol. The number of likely N-dealkylation sites (tertiary alicyclic amines) is 1. The normalized spacial score (nSPS) is 22.6. The third-order valence-electron chi connectivity index (χ3n) is 3.24. The zero-order chi connectivity index (χ0) is 14.2. The molecule has 1 aliphatic heterocycles. The zero-order valence-corrected chi connectivity index (χ0v) is 10.3. The number of aliphatic hydroxyl groups is 1. The van der Waals surface area contributed by atoms with Crippen LogP contribution in [0.4, 0.5) is 4.39 Å². The molecule has 6 heteroatoms. The van der Waals surface area contributed by atoms with Crippen molar-refractivity contribution in [3.8, 4) is 0 Å². The Hall–Kier alpha value is -1.95. The average Bonchev–Trinajstić information content (AvgIpc) is 2.70. The molecule has 19 heavy (non-hydrogen) atoms. The number of carbonyl (C=O) groups excluding carboxylic acids is 1. The van der Waals surface area contributed by atoms with Crippen molar-refractivity contribution in [2.75, 3.05) is 6.54 Å². The minimum absolute atomic E-state index is 0.0152. The number of carboxylic acids is 1. The second-order valence-electron chi connectivity index (χ2n) is 4.66. The Kier molecular flexibility index (Phi) is 3.53. The molecule has 1 fully saturated rings. The van der Waals surface area contributed by atoms with Gasteiger partial charge in [0.25, 0.3) is 5.91 Å². The highest BCUT2D eigenvalue weighted by Gasteiger charge is 2.39. The first-order chi connectivity index (χ1) is 8.90. The quantitative estimate of drug-likeness (QED) is 0.830. The Labute approximate surface area is 109 Å². The smallest absolute Gasteiger partial charge is 0.326 e. The van der Waals surface area contributed by atoms with Crippen LogP contribution in [0.15, 0.2) is 18.2 Å². The highest BCUT2D eigenvalue weighted by molar-refractivity contribution is 5.98. The molecular weight excluding hydrogens is 253 g/mol. The number of benzene rings is 1. The van der Waals surface area contributed by atoms with Gasteiger partial charge in [-0.15, -0.1) is 0 Å². The van der Waals surface area contributed by atoms with E-state index in [9.17, 15) is 19.1 Å². The Morgan fingerprint density at radius 2 is 2.11 bits per heavy atom. The second kappa shape index (κ2) is 4.97. The molecule has 102 valence electrons. The molecule has 1 amide bonds.